The quantitative estimate of drug-likeness (QED) is 0.227. The zero-order chi connectivity index (χ0) is 45.9. The van der Waals surface area contributed by atoms with Crippen LogP contribution in [0.1, 0.15) is 98.0 Å². The van der Waals surface area contributed by atoms with Crippen molar-refractivity contribution in [1.29, 1.82) is 0 Å². The van der Waals surface area contributed by atoms with E-state index >= 15 is 13.6 Å². The van der Waals surface area contributed by atoms with Crippen LogP contribution in [0.2, 0.25) is 0 Å². The number of halogens is 3. The lowest BCUT2D eigenvalue weighted by molar-refractivity contribution is -0.157. The number of fused-ring (bicyclic) bond motifs is 5. The molecular weight excluding hydrogens is 848 g/mol. The van der Waals surface area contributed by atoms with E-state index in [1.54, 1.807) is 25.1 Å². The summed E-state index contributed by atoms with van der Waals surface area (Å²) in [6.07, 6.45) is 3.58. The normalized spacial score (nSPS) is 28.6. The van der Waals surface area contributed by atoms with Gasteiger partial charge in [-0.15, -0.1) is 0 Å². The minimum atomic E-state index is -4.49. The number of amides is 4. The first-order valence-corrected chi connectivity index (χ1v) is 23.2. The third kappa shape index (κ3) is 8.50. The van der Waals surface area contributed by atoms with Crippen LogP contribution in [0.25, 0.3) is 10.8 Å². The van der Waals surface area contributed by atoms with Crippen LogP contribution >= 0.6 is 0 Å². The second-order valence-electron chi connectivity index (χ2n) is 18.6. The summed E-state index contributed by atoms with van der Waals surface area (Å²) in [5.41, 5.74) is -3.36. The second-order valence-corrected chi connectivity index (χ2v) is 20.7. The minimum absolute atomic E-state index is 0.00301. The van der Waals surface area contributed by atoms with E-state index in [0.29, 0.717) is 54.7 Å². The summed E-state index contributed by atoms with van der Waals surface area (Å²) >= 11 is 0. The Kier molecular flexibility index (Phi) is 12.4. The molecule has 4 amide bonds. The van der Waals surface area contributed by atoms with Gasteiger partial charge in [0.05, 0.1) is 20.3 Å². The number of ether oxygens (including phenoxy) is 3. The van der Waals surface area contributed by atoms with Gasteiger partial charge in [0.25, 0.3) is 11.8 Å². The van der Waals surface area contributed by atoms with Crippen molar-refractivity contribution >= 4 is 44.6 Å². The van der Waals surface area contributed by atoms with Gasteiger partial charge >= 0.3 is 6.09 Å². The van der Waals surface area contributed by atoms with Crippen molar-refractivity contribution in [2.24, 2.45) is 17.8 Å². The number of pyridine rings is 1. The lowest BCUT2D eigenvalue weighted by atomic mass is 9.81. The summed E-state index contributed by atoms with van der Waals surface area (Å²) in [6, 6.07) is 2.18. The molecule has 2 aromatic rings. The highest BCUT2D eigenvalue weighted by Crippen LogP contribution is 2.48. The molecule has 7 rings (SSSR count). The number of allylic oxidation sites excluding steroid dienone is 1. The number of alkyl halides is 3. The SMILES string of the molecule is CC[C@@H]1C[C@H](C)CCC=C[C@@H]2C[C@@]2(C(=O)NS(=O)(=O)C2(CF)CC2)NC(=O)[C@@H]2C[C@@H](Oc3nc4c(c5cc(OC)ccc35)CCCO4)CN2C(=O)[C@H]1N(C(=O)O)C(C)(C)C(C)(F)F. The second kappa shape index (κ2) is 17.0. The summed E-state index contributed by atoms with van der Waals surface area (Å²) < 4.78 is 90.0. The van der Waals surface area contributed by atoms with E-state index in [0.717, 1.165) is 36.1 Å². The van der Waals surface area contributed by atoms with Crippen LogP contribution in [0.3, 0.4) is 0 Å². The average Bonchev–Trinajstić information content (AvgIpc) is 4.14. The Morgan fingerprint density at radius 3 is 2.52 bits per heavy atom. The number of carbonyl (C=O) groups is 4. The van der Waals surface area contributed by atoms with Gasteiger partial charge in [-0.05, 0) is 101 Å². The van der Waals surface area contributed by atoms with E-state index in [1.807, 2.05) is 23.8 Å². The third-order valence-electron chi connectivity index (χ3n) is 14.1. The molecule has 5 aliphatic rings. The van der Waals surface area contributed by atoms with Gasteiger partial charge in [0, 0.05) is 30.2 Å². The highest BCUT2D eigenvalue weighted by atomic mass is 32.2. The number of hydrogen-bond acceptors (Lipinski definition) is 10. The molecular formula is C44H58F3N5O10S. The van der Waals surface area contributed by atoms with Gasteiger partial charge in [-0.3, -0.25) is 24.0 Å². The van der Waals surface area contributed by atoms with Crippen molar-refractivity contribution in [2.45, 2.75) is 139 Å². The molecule has 1 aromatic carbocycles. The monoisotopic (exact) mass is 905 g/mol. The Morgan fingerprint density at radius 1 is 1.16 bits per heavy atom. The van der Waals surface area contributed by atoms with Gasteiger partial charge in [-0.1, -0.05) is 32.4 Å². The van der Waals surface area contributed by atoms with Gasteiger partial charge in [-0.25, -0.2) is 26.4 Å². The summed E-state index contributed by atoms with van der Waals surface area (Å²) in [4.78, 5) is 64.0. The lowest BCUT2D eigenvalue weighted by Crippen LogP contribution is -2.67. The fourth-order valence-electron chi connectivity index (χ4n) is 9.45. The summed E-state index contributed by atoms with van der Waals surface area (Å²) in [7, 11) is -2.95. The number of carboxylic acid groups (broad SMARTS) is 1. The predicted molar refractivity (Wildman–Crippen MR) is 225 cm³/mol. The van der Waals surface area contributed by atoms with Crippen LogP contribution in [0.4, 0.5) is 18.0 Å². The number of methoxy groups -OCH3 is 1. The molecule has 0 spiro atoms. The van der Waals surface area contributed by atoms with Crippen molar-refractivity contribution in [3.63, 3.8) is 0 Å². The molecule has 3 aliphatic heterocycles. The maximum absolute atomic E-state index is 15.6. The Balaban J connectivity index is 1.32. The van der Waals surface area contributed by atoms with Crippen molar-refractivity contribution in [2.75, 3.05) is 26.9 Å². The number of nitrogens with one attached hydrogen (secondary N) is 2. The topological polar surface area (TPSA) is 194 Å². The van der Waals surface area contributed by atoms with E-state index in [2.05, 4.69) is 5.32 Å². The molecule has 0 bridgehead atoms. The molecule has 3 N–H and O–H groups in total. The van der Waals surface area contributed by atoms with E-state index < -0.39 is 92.3 Å². The number of nitrogens with zero attached hydrogens (tertiary/aromatic N) is 3. The van der Waals surface area contributed by atoms with Crippen LogP contribution in [0.15, 0.2) is 30.4 Å². The Hall–Kier alpha value is -4.81. The van der Waals surface area contributed by atoms with Crippen molar-refractivity contribution in [1.82, 2.24) is 24.8 Å². The molecule has 63 heavy (non-hydrogen) atoms. The Morgan fingerprint density at radius 2 is 1.89 bits per heavy atom. The van der Waals surface area contributed by atoms with Crippen LogP contribution in [-0.4, -0.2) is 119 Å². The van der Waals surface area contributed by atoms with Gasteiger partial charge in [0.15, 0.2) is 0 Å². The Bertz CT molecular complexity index is 2280. The van der Waals surface area contributed by atoms with Crippen molar-refractivity contribution < 1.29 is 60.1 Å². The fourth-order valence-corrected chi connectivity index (χ4v) is 10.9. The van der Waals surface area contributed by atoms with E-state index in [9.17, 15) is 32.3 Å². The number of carbonyl (C=O) groups excluding carboxylic acids is 3. The third-order valence-corrected chi connectivity index (χ3v) is 16.2. The van der Waals surface area contributed by atoms with E-state index in [4.69, 9.17) is 19.2 Å². The molecule has 15 nitrogen and oxygen atoms in total. The lowest BCUT2D eigenvalue weighted by Gasteiger charge is -2.47. The highest BCUT2D eigenvalue weighted by Gasteiger charge is 2.64. The number of hydrogen-bond donors (Lipinski definition) is 3. The van der Waals surface area contributed by atoms with Crippen molar-refractivity contribution in [3.05, 3.63) is 35.9 Å². The number of rotatable bonds is 11. The smallest absolute Gasteiger partial charge is 0.408 e. The van der Waals surface area contributed by atoms with Gasteiger partial charge in [0.1, 0.15) is 46.4 Å². The van der Waals surface area contributed by atoms with E-state index in [1.165, 1.54) is 7.11 Å². The number of benzene rings is 1. The van der Waals surface area contributed by atoms with Crippen LogP contribution < -0.4 is 24.2 Å². The van der Waals surface area contributed by atoms with Crippen LogP contribution in [-0.2, 0) is 30.8 Å². The zero-order valence-corrected chi connectivity index (χ0v) is 37.4. The summed E-state index contributed by atoms with van der Waals surface area (Å²) in [5.74, 6) is -7.00. The molecule has 0 radical (unpaired) electrons. The molecule has 0 unspecified atom stereocenters. The first kappa shape index (κ1) is 46.2. The standard InChI is InChI=1S/C44H58F3N5O10S/c1-7-26-19-25(2)11-8-9-12-27-22-44(27,39(55)50-63(58,59)43(24-45)16-17-43)49-35(53)33-21-29(23-51(33)38(54)34(26)52(40(56)57)41(3,4)42(5,46)47)62-37-31-15-14-28(60-6)20-32(31)30-13-10-18-61-36(30)48-37/h9,12,14-15,20,25-27,29,33-34H,7-8,10-11,13,16-19,21-24H2,1-6H3,(H,49,53)(H,50,55)(H,56,57)/t25-,26-,27-,29-,33+,34+,44-/m1/s1. The van der Waals surface area contributed by atoms with Gasteiger partial charge < -0.3 is 29.5 Å². The Labute approximate surface area is 365 Å². The summed E-state index contributed by atoms with van der Waals surface area (Å²) in [6.45, 7) is 5.29. The maximum atomic E-state index is 15.6. The number of aromatic nitrogens is 1. The maximum Gasteiger partial charge on any atom is 0.408 e. The molecule has 346 valence electrons. The largest absolute Gasteiger partial charge is 0.497 e. The highest BCUT2D eigenvalue weighted by molar-refractivity contribution is 7.91. The van der Waals surface area contributed by atoms with Crippen molar-refractivity contribution in [3.8, 4) is 17.5 Å². The minimum Gasteiger partial charge on any atom is -0.497 e. The summed E-state index contributed by atoms with van der Waals surface area (Å²) in [5, 5.41) is 14.9. The fraction of sp³-hybridized carbons (Fsp3) is 0.659. The van der Waals surface area contributed by atoms with E-state index in [-0.39, 0.29) is 56.9 Å². The number of sulfonamides is 1. The first-order valence-electron chi connectivity index (χ1n) is 21.8. The van der Waals surface area contributed by atoms with Crippen LogP contribution in [0, 0.1) is 17.8 Å². The molecule has 3 fully saturated rings. The molecule has 19 heteroatoms. The molecule has 4 heterocycles. The molecule has 1 aromatic heterocycles. The van der Waals surface area contributed by atoms with Crippen LogP contribution in [0.5, 0.6) is 17.5 Å². The van der Waals surface area contributed by atoms with Gasteiger partial charge in [0.2, 0.25) is 33.6 Å². The average molecular weight is 906 g/mol. The molecule has 2 saturated carbocycles. The molecule has 7 atom stereocenters. The zero-order valence-electron chi connectivity index (χ0n) is 36.5. The predicted octanol–water partition coefficient (Wildman–Crippen LogP) is 5.92. The molecule has 2 aliphatic carbocycles. The number of aryl methyl sites for hydroxylation is 1. The first-order chi connectivity index (χ1) is 29.6. The molecule has 1 saturated heterocycles. The van der Waals surface area contributed by atoms with Gasteiger partial charge in [-0.2, -0.15) is 4.98 Å².